The number of esters is 1. The van der Waals surface area contributed by atoms with Gasteiger partial charge in [-0.05, 0) is 65.7 Å². The minimum atomic E-state index is -0.642. The van der Waals surface area contributed by atoms with Gasteiger partial charge >= 0.3 is 5.97 Å². The second kappa shape index (κ2) is 14.6. The second-order valence-corrected chi connectivity index (χ2v) is 11.7. The SMILES string of the molecule is O=C(COC(=O)/C=C/c1cn(-c2ccccc2)nc1-c1ccc(-c2ccccc2)cc1)Nc1ccccc1Sc1ccc(Cl)cc1. The van der Waals surface area contributed by atoms with E-state index in [1.165, 1.54) is 17.8 Å². The molecule has 1 amide bonds. The van der Waals surface area contributed by atoms with E-state index in [1.807, 2.05) is 109 Å². The smallest absolute Gasteiger partial charge is 0.331 e. The number of carbonyl (C=O) groups excluding carboxylic acids is 2. The number of hydrogen-bond acceptors (Lipinski definition) is 5. The zero-order valence-electron chi connectivity index (χ0n) is 24.5. The molecular formula is C38H28ClN3O3S. The Hall–Kier alpha value is -5.37. The molecule has 226 valence electrons. The molecule has 8 heteroatoms. The average Bonchev–Trinajstić information content (AvgIpc) is 3.53. The molecule has 0 saturated heterocycles. The minimum absolute atomic E-state index is 0.430. The fourth-order valence-corrected chi connectivity index (χ4v) is 5.74. The number of benzene rings is 5. The monoisotopic (exact) mass is 641 g/mol. The number of amides is 1. The molecule has 1 N–H and O–H groups in total. The van der Waals surface area contributed by atoms with Crippen LogP contribution in [0.5, 0.6) is 0 Å². The van der Waals surface area contributed by atoms with Gasteiger partial charge < -0.3 is 10.1 Å². The largest absolute Gasteiger partial charge is 0.452 e. The van der Waals surface area contributed by atoms with Gasteiger partial charge in [-0.3, -0.25) is 4.79 Å². The standard InChI is InChI=1S/C38H28ClN3O3S/c39-31-20-22-33(23-21-31)46-35-14-8-7-13-34(35)40-36(43)26-45-37(44)24-19-30-25-42(32-11-5-2-6-12-32)41-38(30)29-17-15-28(16-18-29)27-9-3-1-4-10-27/h1-25H,26H2,(H,40,43)/b24-19+. The minimum Gasteiger partial charge on any atom is -0.452 e. The number of nitrogens with one attached hydrogen (secondary N) is 1. The Bertz CT molecular complexity index is 1970. The summed E-state index contributed by atoms with van der Waals surface area (Å²) in [5.41, 5.74) is 6.06. The lowest BCUT2D eigenvalue weighted by atomic mass is 10.0. The fourth-order valence-electron chi connectivity index (χ4n) is 4.72. The Morgan fingerprint density at radius 3 is 2.13 bits per heavy atom. The van der Waals surface area contributed by atoms with E-state index >= 15 is 0 Å². The lowest BCUT2D eigenvalue weighted by molar-refractivity contribution is -0.142. The van der Waals surface area contributed by atoms with Gasteiger partial charge in [-0.25, -0.2) is 9.48 Å². The van der Waals surface area contributed by atoms with E-state index < -0.39 is 18.5 Å². The molecule has 1 heterocycles. The van der Waals surface area contributed by atoms with Crippen LogP contribution in [0.3, 0.4) is 0 Å². The van der Waals surface area contributed by atoms with Crippen LogP contribution in [0.15, 0.2) is 156 Å². The highest BCUT2D eigenvalue weighted by Crippen LogP contribution is 2.34. The van der Waals surface area contributed by atoms with Gasteiger partial charge in [0.2, 0.25) is 0 Å². The van der Waals surface area contributed by atoms with E-state index in [9.17, 15) is 9.59 Å². The third kappa shape index (κ3) is 7.82. The lowest BCUT2D eigenvalue weighted by Gasteiger charge is -2.11. The number of hydrogen-bond donors (Lipinski definition) is 1. The number of anilines is 1. The highest BCUT2D eigenvalue weighted by atomic mass is 35.5. The molecule has 6 rings (SSSR count). The Kier molecular flexibility index (Phi) is 9.73. The average molecular weight is 642 g/mol. The number of nitrogens with zero attached hydrogens (tertiary/aromatic N) is 2. The maximum absolute atomic E-state index is 12.7. The molecule has 6 aromatic rings. The van der Waals surface area contributed by atoms with Crippen LogP contribution in [0.1, 0.15) is 5.56 Å². The molecule has 0 bridgehead atoms. The van der Waals surface area contributed by atoms with E-state index in [4.69, 9.17) is 21.4 Å². The highest BCUT2D eigenvalue weighted by Gasteiger charge is 2.13. The third-order valence-electron chi connectivity index (χ3n) is 6.98. The molecule has 1 aromatic heterocycles. The molecule has 0 fully saturated rings. The van der Waals surface area contributed by atoms with Gasteiger partial charge in [-0.15, -0.1) is 0 Å². The van der Waals surface area contributed by atoms with E-state index in [0.29, 0.717) is 16.4 Å². The van der Waals surface area contributed by atoms with Gasteiger partial charge in [0.05, 0.1) is 17.1 Å². The summed E-state index contributed by atoms with van der Waals surface area (Å²) in [5, 5.41) is 8.33. The normalized spacial score (nSPS) is 11.0. The first-order chi connectivity index (χ1) is 22.5. The van der Waals surface area contributed by atoms with Crippen LogP contribution in [-0.4, -0.2) is 28.3 Å². The van der Waals surface area contributed by atoms with Crippen LogP contribution in [-0.2, 0) is 14.3 Å². The first-order valence-corrected chi connectivity index (χ1v) is 15.7. The molecule has 0 atom stereocenters. The van der Waals surface area contributed by atoms with Crippen molar-refractivity contribution in [2.24, 2.45) is 0 Å². The van der Waals surface area contributed by atoms with Crippen molar-refractivity contribution in [3.63, 3.8) is 0 Å². The van der Waals surface area contributed by atoms with Crippen molar-refractivity contribution in [2.75, 3.05) is 11.9 Å². The van der Waals surface area contributed by atoms with Crippen LogP contribution in [0.4, 0.5) is 5.69 Å². The molecular weight excluding hydrogens is 614 g/mol. The molecule has 0 aliphatic carbocycles. The Labute approximate surface area is 276 Å². The number of halogens is 1. The van der Waals surface area contributed by atoms with Gasteiger partial charge in [0, 0.05) is 38.2 Å². The van der Waals surface area contributed by atoms with Crippen LogP contribution >= 0.6 is 23.4 Å². The predicted molar refractivity (Wildman–Crippen MR) is 185 cm³/mol. The third-order valence-corrected chi connectivity index (χ3v) is 8.31. The summed E-state index contributed by atoms with van der Waals surface area (Å²) >= 11 is 7.50. The molecule has 0 radical (unpaired) electrons. The van der Waals surface area contributed by atoms with Gasteiger partial charge in [0.15, 0.2) is 6.61 Å². The summed E-state index contributed by atoms with van der Waals surface area (Å²) in [6, 6.07) is 42.9. The van der Waals surface area contributed by atoms with Crippen molar-refractivity contribution >= 4 is 47.0 Å². The maximum atomic E-state index is 12.7. The van der Waals surface area contributed by atoms with E-state index in [0.717, 1.165) is 37.7 Å². The lowest BCUT2D eigenvalue weighted by Crippen LogP contribution is -2.20. The Morgan fingerprint density at radius 1 is 0.761 bits per heavy atom. The molecule has 0 saturated carbocycles. The van der Waals surface area contributed by atoms with Gasteiger partial charge in [-0.2, -0.15) is 5.10 Å². The van der Waals surface area contributed by atoms with Crippen LogP contribution < -0.4 is 5.32 Å². The summed E-state index contributed by atoms with van der Waals surface area (Å²) in [6.45, 7) is -0.430. The zero-order chi connectivity index (χ0) is 31.7. The van der Waals surface area contributed by atoms with Crippen LogP contribution in [0, 0.1) is 0 Å². The van der Waals surface area contributed by atoms with E-state index in [1.54, 1.807) is 16.8 Å². The summed E-state index contributed by atoms with van der Waals surface area (Å²) in [4.78, 5) is 27.2. The van der Waals surface area contributed by atoms with Crippen molar-refractivity contribution in [1.29, 1.82) is 0 Å². The molecule has 0 spiro atoms. The van der Waals surface area contributed by atoms with Crippen molar-refractivity contribution < 1.29 is 14.3 Å². The molecule has 0 unspecified atom stereocenters. The Morgan fingerprint density at radius 2 is 1.39 bits per heavy atom. The Balaban J connectivity index is 1.14. The maximum Gasteiger partial charge on any atom is 0.331 e. The van der Waals surface area contributed by atoms with E-state index in [2.05, 4.69) is 29.6 Å². The van der Waals surface area contributed by atoms with Crippen molar-refractivity contribution in [3.8, 4) is 28.1 Å². The summed E-state index contributed by atoms with van der Waals surface area (Å²) in [5.74, 6) is -1.08. The highest BCUT2D eigenvalue weighted by molar-refractivity contribution is 7.99. The van der Waals surface area contributed by atoms with E-state index in [-0.39, 0.29) is 0 Å². The van der Waals surface area contributed by atoms with Crippen molar-refractivity contribution in [2.45, 2.75) is 9.79 Å². The number of aromatic nitrogens is 2. The molecule has 6 nitrogen and oxygen atoms in total. The fraction of sp³-hybridized carbons (Fsp3) is 0.0263. The van der Waals surface area contributed by atoms with Gasteiger partial charge in [0.1, 0.15) is 0 Å². The number of carbonyl (C=O) groups is 2. The molecule has 5 aromatic carbocycles. The number of para-hydroxylation sites is 2. The first kappa shape index (κ1) is 30.6. The quantitative estimate of drug-likeness (QED) is 0.119. The molecule has 0 aliphatic heterocycles. The van der Waals surface area contributed by atoms with Crippen LogP contribution in [0.2, 0.25) is 5.02 Å². The van der Waals surface area contributed by atoms with Gasteiger partial charge in [0.25, 0.3) is 5.91 Å². The summed E-state index contributed by atoms with van der Waals surface area (Å²) in [6.07, 6.45) is 4.83. The van der Waals surface area contributed by atoms with Crippen molar-refractivity contribution in [3.05, 3.63) is 156 Å². The second-order valence-electron chi connectivity index (χ2n) is 10.2. The zero-order valence-corrected chi connectivity index (χ0v) is 26.1. The van der Waals surface area contributed by atoms with Gasteiger partial charge in [-0.1, -0.05) is 108 Å². The molecule has 0 aliphatic rings. The summed E-state index contributed by atoms with van der Waals surface area (Å²) < 4.78 is 7.06. The first-order valence-electron chi connectivity index (χ1n) is 14.5. The summed E-state index contributed by atoms with van der Waals surface area (Å²) in [7, 11) is 0. The number of rotatable bonds is 10. The molecule has 46 heavy (non-hydrogen) atoms. The number of ether oxygens (including phenoxy) is 1. The van der Waals surface area contributed by atoms with Crippen LogP contribution in [0.25, 0.3) is 34.1 Å². The predicted octanol–water partition coefficient (Wildman–Crippen LogP) is 9.21. The van der Waals surface area contributed by atoms with Crippen molar-refractivity contribution in [1.82, 2.24) is 9.78 Å². The topological polar surface area (TPSA) is 73.2 Å².